The van der Waals surface area contributed by atoms with Gasteiger partial charge in [-0.1, -0.05) is 6.07 Å². The molecule has 3 aromatic heterocycles. The molecule has 0 bridgehead atoms. The number of halogens is 2. The third-order valence-corrected chi connectivity index (χ3v) is 6.29. The number of amides is 1. The van der Waals surface area contributed by atoms with Crippen molar-refractivity contribution in [2.75, 3.05) is 13.1 Å². The second-order valence-electron chi connectivity index (χ2n) is 10.2. The van der Waals surface area contributed by atoms with Crippen molar-refractivity contribution in [3.8, 4) is 11.1 Å². The molecule has 0 saturated carbocycles. The molecular formula is C27H28F2N4O2. The van der Waals surface area contributed by atoms with Crippen molar-refractivity contribution in [2.45, 2.75) is 52.1 Å². The molecule has 5 rings (SSSR count). The van der Waals surface area contributed by atoms with Gasteiger partial charge in [0.1, 0.15) is 16.9 Å². The lowest BCUT2D eigenvalue weighted by molar-refractivity contribution is 0.0204. The predicted octanol–water partition coefficient (Wildman–Crippen LogP) is 6.25. The third-order valence-electron chi connectivity index (χ3n) is 6.29. The Labute approximate surface area is 202 Å². The Morgan fingerprint density at radius 3 is 2.43 bits per heavy atom. The molecule has 1 aliphatic heterocycles. The van der Waals surface area contributed by atoms with E-state index in [0.29, 0.717) is 40.8 Å². The molecule has 182 valence electrons. The number of piperidine rings is 1. The van der Waals surface area contributed by atoms with E-state index >= 15 is 4.39 Å². The van der Waals surface area contributed by atoms with E-state index < -0.39 is 17.2 Å². The van der Waals surface area contributed by atoms with Gasteiger partial charge < -0.3 is 14.0 Å². The molecule has 35 heavy (non-hydrogen) atoms. The molecule has 0 radical (unpaired) electrons. The fraction of sp³-hybridized carbons (Fsp3) is 0.370. The number of carbonyl (C=O) groups excluding carboxylic acids is 1. The van der Waals surface area contributed by atoms with Gasteiger partial charge >= 0.3 is 6.09 Å². The van der Waals surface area contributed by atoms with E-state index in [9.17, 15) is 9.18 Å². The van der Waals surface area contributed by atoms with Crippen LogP contribution in [0.25, 0.3) is 27.7 Å². The number of pyridine rings is 2. The van der Waals surface area contributed by atoms with E-state index in [-0.39, 0.29) is 17.7 Å². The molecule has 6 nitrogen and oxygen atoms in total. The molecule has 1 fully saturated rings. The number of hydrogen-bond donors (Lipinski definition) is 0. The Bertz CT molecular complexity index is 1430. The number of hydrogen-bond acceptors (Lipinski definition) is 4. The lowest BCUT2D eigenvalue weighted by Crippen LogP contribution is -2.41. The number of likely N-dealkylation sites (tertiary alicyclic amines) is 1. The van der Waals surface area contributed by atoms with Crippen LogP contribution in [-0.4, -0.2) is 44.1 Å². The second kappa shape index (κ2) is 8.59. The van der Waals surface area contributed by atoms with E-state index in [1.807, 2.05) is 39.0 Å². The first-order chi connectivity index (χ1) is 16.6. The lowest BCUT2D eigenvalue weighted by Gasteiger charge is -2.33. The maximum Gasteiger partial charge on any atom is 0.410 e. The summed E-state index contributed by atoms with van der Waals surface area (Å²) in [5.74, 6) is -0.770. The van der Waals surface area contributed by atoms with Crippen molar-refractivity contribution in [3.63, 3.8) is 0 Å². The van der Waals surface area contributed by atoms with Crippen molar-refractivity contribution in [1.82, 2.24) is 19.3 Å². The summed E-state index contributed by atoms with van der Waals surface area (Å²) in [5, 5.41) is 0.650. The average Bonchev–Trinajstić information content (AvgIpc) is 3.18. The van der Waals surface area contributed by atoms with Gasteiger partial charge in [0.2, 0.25) is 0 Å². The van der Waals surface area contributed by atoms with Crippen LogP contribution in [0.3, 0.4) is 0 Å². The molecule has 0 spiro atoms. The van der Waals surface area contributed by atoms with Crippen molar-refractivity contribution in [2.24, 2.45) is 0 Å². The summed E-state index contributed by atoms with van der Waals surface area (Å²) >= 11 is 0. The fourth-order valence-corrected chi connectivity index (χ4v) is 4.62. The summed E-state index contributed by atoms with van der Waals surface area (Å²) in [6.07, 6.45) is 4.66. The molecule has 0 unspecified atom stereocenters. The molecular weight excluding hydrogens is 450 g/mol. The Morgan fingerprint density at radius 1 is 1.00 bits per heavy atom. The maximum atomic E-state index is 15.2. The summed E-state index contributed by atoms with van der Waals surface area (Å²) in [5.41, 5.74) is 2.67. The van der Waals surface area contributed by atoms with Crippen LogP contribution in [0, 0.1) is 18.6 Å². The van der Waals surface area contributed by atoms with Crippen molar-refractivity contribution >= 4 is 22.6 Å². The molecule has 8 heteroatoms. The maximum absolute atomic E-state index is 15.2. The van der Waals surface area contributed by atoms with Crippen LogP contribution in [0.1, 0.15) is 50.9 Å². The summed E-state index contributed by atoms with van der Waals surface area (Å²) in [6, 6.07) is 8.38. The van der Waals surface area contributed by atoms with E-state index in [2.05, 4.69) is 9.97 Å². The first-order valence-electron chi connectivity index (χ1n) is 11.8. The van der Waals surface area contributed by atoms with Crippen molar-refractivity contribution < 1.29 is 18.3 Å². The minimum absolute atomic E-state index is 0.137. The number of fused-ring (bicyclic) bond motifs is 2. The van der Waals surface area contributed by atoms with Crippen LogP contribution in [-0.2, 0) is 4.74 Å². The Balaban J connectivity index is 1.38. The smallest absolute Gasteiger partial charge is 0.410 e. The highest BCUT2D eigenvalue weighted by atomic mass is 19.1. The highest BCUT2D eigenvalue weighted by Crippen LogP contribution is 2.32. The quantitative estimate of drug-likeness (QED) is 0.342. The first kappa shape index (κ1) is 23.2. The van der Waals surface area contributed by atoms with Crippen LogP contribution < -0.4 is 0 Å². The summed E-state index contributed by atoms with van der Waals surface area (Å²) in [6.45, 7) is 8.50. The molecule has 0 aliphatic carbocycles. The number of aryl methyl sites for hydroxylation is 1. The van der Waals surface area contributed by atoms with Gasteiger partial charge in [0.15, 0.2) is 11.5 Å². The van der Waals surface area contributed by atoms with Crippen LogP contribution in [0.4, 0.5) is 13.6 Å². The minimum atomic E-state index is -0.528. The van der Waals surface area contributed by atoms with E-state index in [4.69, 9.17) is 4.74 Å². The number of imidazole rings is 1. The second-order valence-corrected chi connectivity index (χ2v) is 10.2. The van der Waals surface area contributed by atoms with Gasteiger partial charge in [-0.2, -0.15) is 0 Å². The van der Waals surface area contributed by atoms with Gasteiger partial charge in [0.05, 0.1) is 5.69 Å². The predicted molar refractivity (Wildman–Crippen MR) is 130 cm³/mol. The number of rotatable bonds is 2. The van der Waals surface area contributed by atoms with Gasteiger partial charge in [-0.05, 0) is 70.4 Å². The molecule has 4 heterocycles. The van der Waals surface area contributed by atoms with Gasteiger partial charge in [-0.15, -0.1) is 0 Å². The molecule has 4 aromatic rings. The number of aromatic nitrogens is 3. The Morgan fingerprint density at radius 2 is 1.71 bits per heavy atom. The van der Waals surface area contributed by atoms with Crippen LogP contribution in [0.15, 0.2) is 42.7 Å². The summed E-state index contributed by atoms with van der Waals surface area (Å²) in [7, 11) is 0. The van der Waals surface area contributed by atoms with Crippen LogP contribution >= 0.6 is 0 Å². The summed E-state index contributed by atoms with van der Waals surface area (Å²) in [4.78, 5) is 22.9. The molecule has 0 N–H and O–H groups in total. The van der Waals surface area contributed by atoms with Gasteiger partial charge in [-0.25, -0.2) is 23.5 Å². The topological polar surface area (TPSA) is 59.7 Å². The third kappa shape index (κ3) is 4.70. The Hall–Kier alpha value is -3.55. The highest BCUT2D eigenvalue weighted by molar-refractivity contribution is 5.85. The van der Waals surface area contributed by atoms with Crippen LogP contribution in [0.5, 0.6) is 0 Å². The van der Waals surface area contributed by atoms with Gasteiger partial charge in [-0.3, -0.25) is 0 Å². The fourth-order valence-electron chi connectivity index (χ4n) is 4.62. The molecule has 0 atom stereocenters. The van der Waals surface area contributed by atoms with E-state index in [1.54, 1.807) is 28.6 Å². The number of ether oxygens (including phenoxy) is 1. The SMILES string of the molecule is Cc1cn2cc(-c3cc(F)c4nc(C5CCN(C(=O)OC(C)(C)C)CC5)ccc4c3)cc(F)c2n1. The number of benzene rings is 1. The minimum Gasteiger partial charge on any atom is -0.444 e. The number of nitrogens with zero attached hydrogens (tertiary/aromatic N) is 4. The zero-order valence-corrected chi connectivity index (χ0v) is 20.3. The van der Waals surface area contributed by atoms with E-state index in [0.717, 1.165) is 18.5 Å². The zero-order chi connectivity index (χ0) is 24.9. The average molecular weight is 479 g/mol. The van der Waals surface area contributed by atoms with Gasteiger partial charge in [0.25, 0.3) is 0 Å². The molecule has 1 amide bonds. The molecule has 1 aliphatic rings. The van der Waals surface area contributed by atoms with Crippen LogP contribution in [0.2, 0.25) is 0 Å². The first-order valence-corrected chi connectivity index (χ1v) is 11.8. The normalized spacial score (nSPS) is 15.2. The largest absolute Gasteiger partial charge is 0.444 e. The van der Waals surface area contributed by atoms with Gasteiger partial charge in [0, 0.05) is 48.0 Å². The summed E-state index contributed by atoms with van der Waals surface area (Å²) < 4.78 is 36.8. The highest BCUT2D eigenvalue weighted by Gasteiger charge is 2.28. The molecule has 1 aromatic carbocycles. The Kier molecular flexibility index (Phi) is 5.69. The zero-order valence-electron chi connectivity index (χ0n) is 20.3. The molecule has 1 saturated heterocycles. The number of carbonyl (C=O) groups is 1. The van der Waals surface area contributed by atoms with E-state index in [1.165, 1.54) is 12.1 Å². The van der Waals surface area contributed by atoms with Crippen molar-refractivity contribution in [3.05, 3.63) is 65.7 Å². The standard InChI is InChI=1S/C27H28F2N4O2/c1-16-14-33-15-20(13-22(29)25(33)30-16)19-11-18-5-6-23(31-24(18)21(28)12-19)17-7-9-32(10-8-17)26(34)35-27(2,3)4/h5-6,11-15,17H,7-10H2,1-4H3. The monoisotopic (exact) mass is 478 g/mol. The van der Waals surface area contributed by atoms with Crippen molar-refractivity contribution in [1.29, 1.82) is 0 Å². The lowest BCUT2D eigenvalue weighted by atomic mass is 9.92.